The number of anilines is 2. The van der Waals surface area contributed by atoms with Crippen LogP contribution in [0.1, 0.15) is 12.5 Å². The van der Waals surface area contributed by atoms with Gasteiger partial charge in [-0.3, -0.25) is 5.43 Å². The number of hydrogen-bond donors (Lipinski definition) is 1. The summed E-state index contributed by atoms with van der Waals surface area (Å²) in [6, 6.07) is 8.31. The summed E-state index contributed by atoms with van der Waals surface area (Å²) in [5.74, 6) is -1.86. The number of halogens is 3. The van der Waals surface area contributed by atoms with Crippen molar-refractivity contribution >= 4 is 17.1 Å². The van der Waals surface area contributed by atoms with E-state index in [9.17, 15) is 13.2 Å². The van der Waals surface area contributed by atoms with Gasteiger partial charge in [0.05, 0.1) is 24.6 Å². The van der Waals surface area contributed by atoms with Crippen molar-refractivity contribution in [2.75, 3.05) is 36.6 Å². The summed E-state index contributed by atoms with van der Waals surface area (Å²) >= 11 is 0. The Morgan fingerprint density at radius 1 is 1.04 bits per heavy atom. The zero-order chi connectivity index (χ0) is 17.8. The summed E-state index contributed by atoms with van der Waals surface area (Å²) in [4.78, 5) is 1.92. The van der Waals surface area contributed by atoms with Crippen LogP contribution in [-0.4, -0.2) is 32.0 Å². The number of hydrazone groups is 1. The minimum absolute atomic E-state index is 0.341. The Kier molecular flexibility index (Phi) is 5.23. The molecular weight excluding hydrogens is 331 g/mol. The molecule has 0 saturated carbocycles. The molecule has 4 nitrogen and oxygen atoms in total. The summed E-state index contributed by atoms with van der Waals surface area (Å²) in [7, 11) is 0. The molecular formula is C18H18F3N3O. The SMILES string of the molecule is CC(=NNc1c(F)cccc1F)c1ccc(N2CCOCC2)c(F)c1. The molecule has 1 fully saturated rings. The Morgan fingerprint density at radius 2 is 1.72 bits per heavy atom. The molecule has 0 aliphatic carbocycles. The fourth-order valence-electron chi connectivity index (χ4n) is 2.60. The lowest BCUT2D eigenvalue weighted by atomic mass is 10.1. The van der Waals surface area contributed by atoms with Crippen molar-refractivity contribution < 1.29 is 17.9 Å². The van der Waals surface area contributed by atoms with E-state index in [1.165, 1.54) is 12.1 Å². The van der Waals surface area contributed by atoms with Gasteiger partial charge in [-0.15, -0.1) is 0 Å². The third-order valence-corrected chi connectivity index (χ3v) is 4.02. The molecule has 7 heteroatoms. The van der Waals surface area contributed by atoms with Crippen LogP contribution in [0.15, 0.2) is 41.5 Å². The predicted molar refractivity (Wildman–Crippen MR) is 91.6 cm³/mol. The van der Waals surface area contributed by atoms with E-state index in [2.05, 4.69) is 10.5 Å². The molecule has 0 aromatic heterocycles. The highest BCUT2D eigenvalue weighted by Gasteiger charge is 2.16. The van der Waals surface area contributed by atoms with Gasteiger partial charge in [-0.2, -0.15) is 5.10 Å². The number of nitrogens with zero attached hydrogens (tertiary/aromatic N) is 2. The molecule has 0 radical (unpaired) electrons. The molecule has 1 aliphatic heterocycles. The normalized spacial score (nSPS) is 15.4. The van der Waals surface area contributed by atoms with Gasteiger partial charge in [-0.1, -0.05) is 12.1 Å². The number of rotatable bonds is 4. The molecule has 0 bridgehead atoms. The second-order valence-corrected chi connectivity index (χ2v) is 5.67. The quantitative estimate of drug-likeness (QED) is 0.674. The van der Waals surface area contributed by atoms with Gasteiger partial charge >= 0.3 is 0 Å². The third-order valence-electron chi connectivity index (χ3n) is 4.02. The Balaban J connectivity index is 1.78. The fraction of sp³-hybridized carbons (Fsp3) is 0.278. The molecule has 25 heavy (non-hydrogen) atoms. The largest absolute Gasteiger partial charge is 0.378 e. The minimum Gasteiger partial charge on any atom is -0.378 e. The maximum Gasteiger partial charge on any atom is 0.151 e. The molecule has 0 unspecified atom stereocenters. The van der Waals surface area contributed by atoms with E-state index < -0.39 is 11.6 Å². The number of nitrogens with one attached hydrogen (secondary N) is 1. The average Bonchev–Trinajstić information content (AvgIpc) is 2.61. The van der Waals surface area contributed by atoms with Gasteiger partial charge in [-0.05, 0) is 31.2 Å². The molecule has 2 aromatic rings. The van der Waals surface area contributed by atoms with E-state index >= 15 is 0 Å². The van der Waals surface area contributed by atoms with Crippen LogP contribution in [0.2, 0.25) is 0 Å². The predicted octanol–water partition coefficient (Wildman–Crippen LogP) is 3.78. The Bertz CT molecular complexity index is 769. The van der Waals surface area contributed by atoms with Crippen LogP contribution in [-0.2, 0) is 4.74 Å². The molecule has 0 atom stereocenters. The molecule has 2 aromatic carbocycles. The maximum absolute atomic E-state index is 14.4. The molecule has 132 valence electrons. The van der Waals surface area contributed by atoms with E-state index in [0.29, 0.717) is 43.3 Å². The summed E-state index contributed by atoms with van der Waals surface area (Å²) in [6.07, 6.45) is 0. The van der Waals surface area contributed by atoms with Crippen LogP contribution in [0, 0.1) is 17.5 Å². The lowest BCUT2D eigenvalue weighted by Gasteiger charge is -2.29. The Labute approximate surface area is 143 Å². The van der Waals surface area contributed by atoms with E-state index in [-0.39, 0.29) is 11.5 Å². The van der Waals surface area contributed by atoms with Gasteiger partial charge in [0, 0.05) is 18.7 Å². The monoisotopic (exact) mass is 349 g/mol. The van der Waals surface area contributed by atoms with Crippen LogP contribution >= 0.6 is 0 Å². The first-order valence-electron chi connectivity index (χ1n) is 7.93. The van der Waals surface area contributed by atoms with Gasteiger partial charge in [0.25, 0.3) is 0 Å². The van der Waals surface area contributed by atoms with E-state index in [4.69, 9.17) is 4.74 Å². The van der Waals surface area contributed by atoms with Crippen LogP contribution < -0.4 is 10.3 Å². The van der Waals surface area contributed by atoms with E-state index in [1.54, 1.807) is 19.1 Å². The van der Waals surface area contributed by atoms with Gasteiger partial charge in [0.2, 0.25) is 0 Å². The van der Waals surface area contributed by atoms with Crippen molar-refractivity contribution in [2.45, 2.75) is 6.92 Å². The van der Waals surface area contributed by atoms with Crippen molar-refractivity contribution in [3.8, 4) is 0 Å². The van der Waals surface area contributed by atoms with Crippen LogP contribution in [0.4, 0.5) is 24.5 Å². The topological polar surface area (TPSA) is 36.9 Å². The summed E-state index contributed by atoms with van der Waals surface area (Å²) in [6.45, 7) is 4.05. The van der Waals surface area contributed by atoms with Crippen molar-refractivity contribution in [1.82, 2.24) is 0 Å². The van der Waals surface area contributed by atoms with Crippen molar-refractivity contribution in [1.29, 1.82) is 0 Å². The number of para-hydroxylation sites is 1. The number of morpholine rings is 1. The first kappa shape index (κ1) is 17.3. The van der Waals surface area contributed by atoms with Gasteiger partial charge < -0.3 is 9.64 Å². The van der Waals surface area contributed by atoms with Gasteiger partial charge in [0.1, 0.15) is 11.5 Å². The number of ether oxygens (including phenoxy) is 1. The lowest BCUT2D eigenvalue weighted by molar-refractivity contribution is 0.122. The number of hydrogen-bond acceptors (Lipinski definition) is 4. The maximum atomic E-state index is 14.4. The first-order chi connectivity index (χ1) is 12.1. The highest BCUT2D eigenvalue weighted by Crippen LogP contribution is 2.22. The van der Waals surface area contributed by atoms with Crippen LogP contribution in [0.3, 0.4) is 0 Å². The molecule has 1 N–H and O–H groups in total. The average molecular weight is 349 g/mol. The third kappa shape index (κ3) is 3.93. The lowest BCUT2D eigenvalue weighted by Crippen LogP contribution is -2.36. The summed E-state index contributed by atoms with van der Waals surface area (Å²) in [5, 5.41) is 3.96. The molecule has 1 heterocycles. The van der Waals surface area contributed by atoms with E-state index in [0.717, 1.165) is 12.1 Å². The summed E-state index contributed by atoms with van der Waals surface area (Å²) < 4.78 is 46.8. The van der Waals surface area contributed by atoms with Crippen molar-refractivity contribution in [2.24, 2.45) is 5.10 Å². The first-order valence-corrected chi connectivity index (χ1v) is 7.93. The zero-order valence-electron chi connectivity index (χ0n) is 13.7. The molecule has 0 spiro atoms. The van der Waals surface area contributed by atoms with Crippen molar-refractivity contribution in [3.63, 3.8) is 0 Å². The Morgan fingerprint density at radius 3 is 2.36 bits per heavy atom. The molecule has 0 amide bonds. The standard InChI is InChI=1S/C18H18F3N3O/c1-12(22-23-18-14(19)3-2-4-15(18)20)13-5-6-17(16(21)11-13)24-7-9-25-10-8-24/h2-6,11,23H,7-10H2,1H3. The zero-order valence-corrected chi connectivity index (χ0v) is 13.7. The van der Waals surface area contributed by atoms with Gasteiger partial charge in [0.15, 0.2) is 11.6 Å². The smallest absolute Gasteiger partial charge is 0.151 e. The van der Waals surface area contributed by atoms with E-state index in [1.807, 2.05) is 4.90 Å². The molecule has 3 rings (SSSR count). The Hall–Kier alpha value is -2.54. The molecule has 1 saturated heterocycles. The summed E-state index contributed by atoms with van der Waals surface area (Å²) in [5.41, 5.74) is 3.47. The fourth-order valence-corrected chi connectivity index (χ4v) is 2.60. The highest BCUT2D eigenvalue weighted by atomic mass is 19.1. The number of benzene rings is 2. The molecule has 1 aliphatic rings. The second kappa shape index (κ2) is 7.57. The minimum atomic E-state index is -0.745. The van der Waals surface area contributed by atoms with Crippen LogP contribution in [0.25, 0.3) is 0 Å². The van der Waals surface area contributed by atoms with Crippen molar-refractivity contribution in [3.05, 3.63) is 59.4 Å². The van der Waals surface area contributed by atoms with Gasteiger partial charge in [-0.25, -0.2) is 13.2 Å². The van der Waals surface area contributed by atoms with Crippen LogP contribution in [0.5, 0.6) is 0 Å². The highest BCUT2D eigenvalue weighted by molar-refractivity contribution is 5.99. The second-order valence-electron chi connectivity index (χ2n) is 5.67.